The molecule has 2 aromatic carbocycles. The van der Waals surface area contributed by atoms with Crippen LogP contribution in [0.5, 0.6) is 0 Å². The molecule has 0 bridgehead atoms. The molecule has 26 heavy (non-hydrogen) atoms. The maximum absolute atomic E-state index is 5.86. The molecule has 2 N–H and O–H groups in total. The van der Waals surface area contributed by atoms with Crippen molar-refractivity contribution in [2.45, 2.75) is 13.0 Å². The molecule has 3 rings (SSSR count). The monoisotopic (exact) mass is 375 g/mol. The van der Waals surface area contributed by atoms with Crippen molar-refractivity contribution in [3.63, 3.8) is 0 Å². The van der Waals surface area contributed by atoms with E-state index in [1.54, 1.807) is 0 Å². The Morgan fingerprint density at radius 1 is 0.923 bits per heavy atom. The first-order valence-electron chi connectivity index (χ1n) is 9.24. The summed E-state index contributed by atoms with van der Waals surface area (Å²) in [5.74, 6) is 0. The van der Waals surface area contributed by atoms with Crippen LogP contribution in [-0.4, -0.2) is 50.8 Å². The fourth-order valence-corrected chi connectivity index (χ4v) is 3.38. The average molecular weight is 376 g/mol. The summed E-state index contributed by atoms with van der Waals surface area (Å²) in [5, 5.41) is 0. The summed E-state index contributed by atoms with van der Waals surface area (Å²) >= 11 is 0. The Kier molecular flexibility index (Phi) is 8.92. The molecule has 0 aliphatic carbocycles. The number of anilines is 1. The van der Waals surface area contributed by atoms with E-state index in [1.807, 2.05) is 0 Å². The molecule has 1 aliphatic rings. The Balaban J connectivity index is 0.00000243. The van der Waals surface area contributed by atoms with Crippen LogP contribution in [0.2, 0.25) is 0 Å². The minimum absolute atomic E-state index is 0. The molecule has 1 fully saturated rings. The first kappa shape index (κ1) is 20.7. The van der Waals surface area contributed by atoms with E-state index in [9.17, 15) is 0 Å². The van der Waals surface area contributed by atoms with Crippen molar-refractivity contribution in [1.29, 1.82) is 0 Å². The van der Waals surface area contributed by atoms with Crippen molar-refractivity contribution < 1.29 is 4.74 Å². The highest BCUT2D eigenvalue weighted by molar-refractivity contribution is 5.85. The number of para-hydroxylation sites is 1. The second-order valence-electron chi connectivity index (χ2n) is 6.53. The molecule has 0 amide bonds. The van der Waals surface area contributed by atoms with E-state index in [2.05, 4.69) is 64.4 Å². The third-order valence-electron chi connectivity index (χ3n) is 4.74. The SMILES string of the molecule is Cl.NCCN(CCc1ccccc1)Cc1ccccc1N1CCOCC1. The number of morpholine rings is 1. The van der Waals surface area contributed by atoms with Gasteiger partial charge in [0.25, 0.3) is 0 Å². The number of rotatable bonds is 8. The average Bonchev–Trinajstić information content (AvgIpc) is 2.68. The highest BCUT2D eigenvalue weighted by Gasteiger charge is 2.16. The number of nitrogens with two attached hydrogens (primary N) is 1. The summed E-state index contributed by atoms with van der Waals surface area (Å²) < 4.78 is 5.50. The smallest absolute Gasteiger partial charge is 0.0642 e. The predicted octanol–water partition coefficient (Wildman–Crippen LogP) is 2.95. The van der Waals surface area contributed by atoms with E-state index in [0.29, 0.717) is 6.54 Å². The molecule has 0 aromatic heterocycles. The van der Waals surface area contributed by atoms with Crippen molar-refractivity contribution in [3.8, 4) is 0 Å². The predicted molar refractivity (Wildman–Crippen MR) is 111 cm³/mol. The van der Waals surface area contributed by atoms with Crippen LogP contribution in [0.1, 0.15) is 11.1 Å². The Labute approximate surface area is 163 Å². The summed E-state index contributed by atoms with van der Waals surface area (Å²) in [6, 6.07) is 19.4. The zero-order chi connectivity index (χ0) is 17.3. The van der Waals surface area contributed by atoms with E-state index < -0.39 is 0 Å². The largest absolute Gasteiger partial charge is 0.378 e. The van der Waals surface area contributed by atoms with Gasteiger partial charge in [0.05, 0.1) is 13.2 Å². The van der Waals surface area contributed by atoms with Crippen LogP contribution in [-0.2, 0) is 17.7 Å². The summed E-state index contributed by atoms with van der Waals surface area (Å²) in [6.45, 7) is 7.15. The van der Waals surface area contributed by atoms with Crippen LogP contribution in [0, 0.1) is 0 Å². The molecular formula is C21H30ClN3O. The fourth-order valence-electron chi connectivity index (χ4n) is 3.38. The van der Waals surface area contributed by atoms with Gasteiger partial charge in [-0.05, 0) is 23.6 Å². The Morgan fingerprint density at radius 3 is 2.35 bits per heavy atom. The lowest BCUT2D eigenvalue weighted by atomic mass is 10.1. The summed E-state index contributed by atoms with van der Waals surface area (Å²) in [5.41, 5.74) is 9.97. The van der Waals surface area contributed by atoms with Gasteiger partial charge >= 0.3 is 0 Å². The second-order valence-corrected chi connectivity index (χ2v) is 6.53. The normalized spacial score (nSPS) is 14.3. The second kappa shape index (κ2) is 11.2. The molecule has 142 valence electrons. The van der Waals surface area contributed by atoms with E-state index >= 15 is 0 Å². The van der Waals surface area contributed by atoms with Crippen molar-refractivity contribution >= 4 is 18.1 Å². The van der Waals surface area contributed by atoms with Gasteiger partial charge in [0.2, 0.25) is 0 Å². The van der Waals surface area contributed by atoms with Crippen molar-refractivity contribution in [2.24, 2.45) is 5.73 Å². The quantitative estimate of drug-likeness (QED) is 0.770. The Bertz CT molecular complexity index is 632. The number of hydrogen-bond donors (Lipinski definition) is 1. The minimum atomic E-state index is 0. The molecule has 0 radical (unpaired) electrons. The zero-order valence-electron chi connectivity index (χ0n) is 15.3. The van der Waals surface area contributed by atoms with Crippen LogP contribution in [0.25, 0.3) is 0 Å². The van der Waals surface area contributed by atoms with Crippen LogP contribution < -0.4 is 10.6 Å². The van der Waals surface area contributed by atoms with Crippen LogP contribution in [0.3, 0.4) is 0 Å². The molecule has 0 saturated carbocycles. The molecular weight excluding hydrogens is 346 g/mol. The van der Waals surface area contributed by atoms with Gasteiger partial charge in [0.1, 0.15) is 0 Å². The van der Waals surface area contributed by atoms with Crippen molar-refractivity contribution in [3.05, 3.63) is 65.7 Å². The topological polar surface area (TPSA) is 41.7 Å². The van der Waals surface area contributed by atoms with E-state index in [4.69, 9.17) is 10.5 Å². The molecule has 0 spiro atoms. The molecule has 2 aromatic rings. The van der Waals surface area contributed by atoms with Crippen LogP contribution in [0.15, 0.2) is 54.6 Å². The molecule has 1 aliphatic heterocycles. The summed E-state index contributed by atoms with van der Waals surface area (Å²) in [7, 11) is 0. The molecule has 4 nitrogen and oxygen atoms in total. The fraction of sp³-hybridized carbons (Fsp3) is 0.429. The Morgan fingerprint density at radius 2 is 1.62 bits per heavy atom. The highest BCUT2D eigenvalue weighted by atomic mass is 35.5. The van der Waals surface area contributed by atoms with Gasteiger partial charge in [-0.3, -0.25) is 4.90 Å². The van der Waals surface area contributed by atoms with Crippen molar-refractivity contribution in [1.82, 2.24) is 4.90 Å². The molecule has 0 atom stereocenters. The van der Waals surface area contributed by atoms with Gasteiger partial charge in [-0.1, -0.05) is 48.5 Å². The third-order valence-corrected chi connectivity index (χ3v) is 4.74. The number of nitrogens with zero attached hydrogens (tertiary/aromatic N) is 2. The number of benzene rings is 2. The highest BCUT2D eigenvalue weighted by Crippen LogP contribution is 2.23. The van der Waals surface area contributed by atoms with Crippen molar-refractivity contribution in [2.75, 3.05) is 50.8 Å². The first-order valence-corrected chi connectivity index (χ1v) is 9.24. The number of hydrogen-bond acceptors (Lipinski definition) is 4. The van der Waals surface area contributed by atoms with E-state index in [0.717, 1.165) is 52.4 Å². The molecule has 0 unspecified atom stereocenters. The molecule has 5 heteroatoms. The van der Waals surface area contributed by atoms with Gasteiger partial charge < -0.3 is 15.4 Å². The van der Waals surface area contributed by atoms with Gasteiger partial charge in [-0.15, -0.1) is 12.4 Å². The van der Waals surface area contributed by atoms with Gasteiger partial charge in [-0.25, -0.2) is 0 Å². The summed E-state index contributed by atoms with van der Waals surface area (Å²) in [4.78, 5) is 4.91. The summed E-state index contributed by atoms with van der Waals surface area (Å²) in [6.07, 6.45) is 1.06. The molecule has 1 heterocycles. The van der Waals surface area contributed by atoms with E-state index in [-0.39, 0.29) is 12.4 Å². The number of ether oxygens (including phenoxy) is 1. The third kappa shape index (κ3) is 5.99. The first-order chi connectivity index (χ1) is 12.4. The minimum Gasteiger partial charge on any atom is -0.378 e. The van der Waals surface area contributed by atoms with Gasteiger partial charge in [0.15, 0.2) is 0 Å². The van der Waals surface area contributed by atoms with E-state index in [1.165, 1.54) is 16.8 Å². The lowest BCUT2D eigenvalue weighted by Crippen LogP contribution is -2.37. The zero-order valence-corrected chi connectivity index (χ0v) is 16.2. The van der Waals surface area contributed by atoms with Crippen LogP contribution >= 0.6 is 12.4 Å². The maximum Gasteiger partial charge on any atom is 0.0642 e. The molecule has 1 saturated heterocycles. The lowest BCUT2D eigenvalue weighted by molar-refractivity contribution is 0.122. The number of halogens is 1. The van der Waals surface area contributed by atoms with Crippen LogP contribution in [0.4, 0.5) is 5.69 Å². The van der Waals surface area contributed by atoms with Gasteiger partial charge in [-0.2, -0.15) is 0 Å². The van der Waals surface area contributed by atoms with Gasteiger partial charge in [0, 0.05) is 45.0 Å². The maximum atomic E-state index is 5.86. The standard InChI is InChI=1S/C21H29N3O.ClH/c22-11-13-23(12-10-19-6-2-1-3-7-19)18-20-8-4-5-9-21(20)24-14-16-25-17-15-24;/h1-9H,10-18,22H2;1H. The Hall–Kier alpha value is -1.59. The lowest BCUT2D eigenvalue weighted by Gasteiger charge is -2.32.